The molecular weight excluding hydrogens is 240 g/mol. The van der Waals surface area contributed by atoms with Crippen LogP contribution in [0.2, 0.25) is 0 Å². The molecule has 2 atom stereocenters. The van der Waals surface area contributed by atoms with Gasteiger partial charge in [-0.05, 0) is 12.8 Å². The van der Waals surface area contributed by atoms with E-state index in [0.29, 0.717) is 6.42 Å². The molecule has 0 rings (SSSR count). The molecule has 0 aromatic heterocycles. The second-order valence-electron chi connectivity index (χ2n) is 3.44. The lowest BCUT2D eigenvalue weighted by atomic mass is 10.1. The number of ether oxygens (including phenoxy) is 2. The van der Waals surface area contributed by atoms with E-state index in [1.54, 1.807) is 0 Å². The van der Waals surface area contributed by atoms with Gasteiger partial charge >= 0.3 is 11.9 Å². The van der Waals surface area contributed by atoms with E-state index in [9.17, 15) is 14.7 Å². The van der Waals surface area contributed by atoms with Gasteiger partial charge in [0.05, 0.1) is 13.2 Å². The first kappa shape index (κ1) is 16.3. The molecule has 0 heterocycles. The van der Waals surface area contributed by atoms with Gasteiger partial charge in [-0.15, -0.1) is 0 Å². The highest BCUT2D eigenvalue weighted by Gasteiger charge is 2.21. The number of carbonyl (C=O) groups excluding carboxylic acids is 2. The van der Waals surface area contributed by atoms with E-state index in [2.05, 4.69) is 13.2 Å². The fourth-order valence-corrected chi connectivity index (χ4v) is 1.16. The van der Waals surface area contributed by atoms with E-state index >= 15 is 0 Å². The Morgan fingerprint density at radius 3 is 2.33 bits per heavy atom. The van der Waals surface area contributed by atoms with Crippen LogP contribution in [-0.2, 0) is 19.1 Å². The second-order valence-corrected chi connectivity index (χ2v) is 3.44. The minimum absolute atomic E-state index is 0.116. The number of aliphatic hydroxyl groups excluding tert-OH is 2. The molecule has 0 aliphatic carbocycles. The largest absolute Gasteiger partial charge is 0.463 e. The summed E-state index contributed by atoms with van der Waals surface area (Å²) in [6.07, 6.45) is 0.608. The molecule has 0 saturated heterocycles. The zero-order valence-corrected chi connectivity index (χ0v) is 10.1. The van der Waals surface area contributed by atoms with Crippen LogP contribution in [0.4, 0.5) is 0 Å². The third-order valence-corrected chi connectivity index (χ3v) is 2.09. The number of hydrogen-bond donors (Lipinski definition) is 2. The number of rotatable bonds is 9. The van der Waals surface area contributed by atoms with E-state index < -0.39 is 30.8 Å². The van der Waals surface area contributed by atoms with E-state index in [1.807, 2.05) is 0 Å². The topological polar surface area (TPSA) is 93.1 Å². The zero-order chi connectivity index (χ0) is 14.0. The molecule has 102 valence electrons. The third kappa shape index (κ3) is 6.82. The van der Waals surface area contributed by atoms with Crippen molar-refractivity contribution < 1.29 is 29.3 Å². The number of carbonyl (C=O) groups is 2. The van der Waals surface area contributed by atoms with Gasteiger partial charge in [0.15, 0.2) is 0 Å². The molecule has 0 aliphatic heterocycles. The molecule has 6 heteroatoms. The average Bonchev–Trinajstić information content (AvgIpc) is 2.40. The van der Waals surface area contributed by atoms with Crippen LogP contribution < -0.4 is 0 Å². The Hall–Kier alpha value is -1.66. The first-order valence-electron chi connectivity index (χ1n) is 5.46. The van der Waals surface area contributed by atoms with Gasteiger partial charge in [0.2, 0.25) is 0 Å². The van der Waals surface area contributed by atoms with Crippen molar-refractivity contribution in [1.82, 2.24) is 0 Å². The maximum Gasteiger partial charge on any atom is 0.330 e. The molecule has 0 aromatic rings. The van der Waals surface area contributed by atoms with Crippen molar-refractivity contribution in [1.29, 1.82) is 0 Å². The standard InChI is InChI=1S/C12H18O6/c1-3-11(15)17-7-5-6-10(9(14)8-13)18-12(16)4-2/h3-4,9-10,13-14H,1-2,5-8H2. The summed E-state index contributed by atoms with van der Waals surface area (Å²) in [4.78, 5) is 21.7. The highest BCUT2D eigenvalue weighted by Crippen LogP contribution is 2.09. The normalized spacial score (nSPS) is 13.2. The van der Waals surface area contributed by atoms with Gasteiger partial charge in [0.25, 0.3) is 0 Å². The summed E-state index contributed by atoms with van der Waals surface area (Å²) in [6.45, 7) is 6.06. The first-order chi connectivity index (χ1) is 8.54. The number of hydrogen-bond acceptors (Lipinski definition) is 6. The minimum Gasteiger partial charge on any atom is -0.463 e. The summed E-state index contributed by atoms with van der Waals surface area (Å²) >= 11 is 0. The van der Waals surface area contributed by atoms with Gasteiger partial charge < -0.3 is 19.7 Å². The molecule has 0 radical (unpaired) electrons. The Labute approximate surface area is 106 Å². The first-order valence-corrected chi connectivity index (χ1v) is 5.46. The van der Waals surface area contributed by atoms with Crippen molar-refractivity contribution in [3.63, 3.8) is 0 Å². The van der Waals surface area contributed by atoms with Gasteiger partial charge in [-0.3, -0.25) is 0 Å². The number of aliphatic hydroxyl groups is 2. The molecule has 0 aliphatic rings. The van der Waals surface area contributed by atoms with Crippen molar-refractivity contribution >= 4 is 11.9 Å². The second kappa shape index (κ2) is 9.38. The molecule has 2 unspecified atom stereocenters. The summed E-state index contributed by atoms with van der Waals surface area (Å²) in [5, 5.41) is 18.2. The Morgan fingerprint density at radius 2 is 1.83 bits per heavy atom. The van der Waals surface area contributed by atoms with Crippen molar-refractivity contribution in [3.05, 3.63) is 25.3 Å². The van der Waals surface area contributed by atoms with Crippen LogP contribution in [0.5, 0.6) is 0 Å². The fraction of sp³-hybridized carbons (Fsp3) is 0.500. The smallest absolute Gasteiger partial charge is 0.330 e. The zero-order valence-electron chi connectivity index (χ0n) is 10.1. The van der Waals surface area contributed by atoms with Crippen LogP contribution >= 0.6 is 0 Å². The summed E-state index contributed by atoms with van der Waals surface area (Å²) in [6, 6.07) is 0. The summed E-state index contributed by atoms with van der Waals surface area (Å²) < 4.78 is 9.58. The maximum atomic E-state index is 11.0. The predicted molar refractivity (Wildman–Crippen MR) is 63.6 cm³/mol. The average molecular weight is 258 g/mol. The van der Waals surface area contributed by atoms with Gasteiger partial charge in [-0.2, -0.15) is 0 Å². The summed E-state index contributed by atoms with van der Waals surface area (Å²) in [5.74, 6) is -1.23. The minimum atomic E-state index is -1.18. The molecule has 0 bridgehead atoms. The van der Waals surface area contributed by atoms with Crippen molar-refractivity contribution in [3.8, 4) is 0 Å². The van der Waals surface area contributed by atoms with Crippen LogP contribution in [0.3, 0.4) is 0 Å². The van der Waals surface area contributed by atoms with E-state index in [0.717, 1.165) is 12.2 Å². The van der Waals surface area contributed by atoms with Gasteiger partial charge in [-0.1, -0.05) is 13.2 Å². The Balaban J connectivity index is 4.08. The summed E-state index contributed by atoms with van der Waals surface area (Å²) in [5.41, 5.74) is 0. The Bertz CT molecular complexity index is 299. The number of esters is 2. The van der Waals surface area contributed by atoms with Crippen molar-refractivity contribution in [2.24, 2.45) is 0 Å². The van der Waals surface area contributed by atoms with Gasteiger partial charge in [-0.25, -0.2) is 9.59 Å². The highest BCUT2D eigenvalue weighted by molar-refractivity contribution is 5.81. The van der Waals surface area contributed by atoms with E-state index in [4.69, 9.17) is 14.6 Å². The van der Waals surface area contributed by atoms with Gasteiger partial charge in [0, 0.05) is 12.2 Å². The molecule has 2 N–H and O–H groups in total. The molecule has 0 saturated carbocycles. The fourth-order valence-electron chi connectivity index (χ4n) is 1.16. The quantitative estimate of drug-likeness (QED) is 0.342. The maximum absolute atomic E-state index is 11.0. The Kier molecular flexibility index (Phi) is 8.51. The lowest BCUT2D eigenvalue weighted by molar-refractivity contribution is -0.152. The van der Waals surface area contributed by atoms with Crippen molar-refractivity contribution in [2.45, 2.75) is 25.0 Å². The van der Waals surface area contributed by atoms with Crippen molar-refractivity contribution in [2.75, 3.05) is 13.2 Å². The molecule has 0 spiro atoms. The molecule has 0 fully saturated rings. The Morgan fingerprint density at radius 1 is 1.22 bits per heavy atom. The lowest BCUT2D eigenvalue weighted by Crippen LogP contribution is -2.33. The van der Waals surface area contributed by atoms with Crippen LogP contribution in [0, 0.1) is 0 Å². The third-order valence-electron chi connectivity index (χ3n) is 2.09. The lowest BCUT2D eigenvalue weighted by Gasteiger charge is -2.20. The monoisotopic (exact) mass is 258 g/mol. The highest BCUT2D eigenvalue weighted by atomic mass is 16.6. The van der Waals surface area contributed by atoms with Crippen LogP contribution in [0.1, 0.15) is 12.8 Å². The predicted octanol–water partition coefficient (Wildman–Crippen LogP) is -0.0532. The molecule has 0 amide bonds. The van der Waals surface area contributed by atoms with E-state index in [-0.39, 0.29) is 13.0 Å². The van der Waals surface area contributed by atoms with Gasteiger partial charge in [0.1, 0.15) is 12.2 Å². The van der Waals surface area contributed by atoms with E-state index in [1.165, 1.54) is 0 Å². The molecule has 6 nitrogen and oxygen atoms in total. The van der Waals surface area contributed by atoms with Crippen LogP contribution in [0.25, 0.3) is 0 Å². The summed E-state index contributed by atoms with van der Waals surface area (Å²) in [7, 11) is 0. The molecule has 18 heavy (non-hydrogen) atoms. The van der Waals surface area contributed by atoms with Crippen LogP contribution in [0.15, 0.2) is 25.3 Å². The van der Waals surface area contributed by atoms with Crippen LogP contribution in [-0.4, -0.2) is 47.6 Å². The SMILES string of the molecule is C=CC(=O)OCCCC(OC(=O)C=C)C(O)CO. The molecular formula is C12H18O6. The molecule has 0 aromatic carbocycles.